The van der Waals surface area contributed by atoms with E-state index in [9.17, 15) is 4.79 Å². The van der Waals surface area contributed by atoms with E-state index in [-0.39, 0.29) is 0 Å². The number of hydrogen-bond acceptors (Lipinski definition) is 4. The van der Waals surface area contributed by atoms with Crippen molar-refractivity contribution in [1.82, 2.24) is 10.3 Å². The van der Waals surface area contributed by atoms with Crippen molar-refractivity contribution in [2.45, 2.75) is 30.7 Å². The fourth-order valence-corrected chi connectivity index (χ4v) is 2.26. The predicted octanol–water partition coefficient (Wildman–Crippen LogP) is 2.02. The number of nitrogens with zero attached hydrogens (tertiary/aromatic N) is 1. The highest BCUT2D eigenvalue weighted by atomic mass is 32.2. The van der Waals surface area contributed by atoms with Crippen molar-refractivity contribution in [1.29, 1.82) is 0 Å². The number of rotatable bonds is 8. The zero-order chi connectivity index (χ0) is 12.5. The van der Waals surface area contributed by atoms with Gasteiger partial charge in [-0.25, -0.2) is 0 Å². The molecule has 1 atom stereocenters. The van der Waals surface area contributed by atoms with Crippen LogP contribution in [0.1, 0.15) is 19.8 Å². The number of thioether (sulfide) groups is 1. The van der Waals surface area contributed by atoms with Crippen LogP contribution in [0.2, 0.25) is 0 Å². The van der Waals surface area contributed by atoms with Gasteiger partial charge in [0.05, 0.1) is 0 Å². The van der Waals surface area contributed by atoms with Crippen molar-refractivity contribution in [3.8, 4) is 0 Å². The minimum atomic E-state index is -0.770. The van der Waals surface area contributed by atoms with Crippen molar-refractivity contribution in [2.75, 3.05) is 12.3 Å². The SMILES string of the molecule is CCCNC(CCSc1ccncc1)C(=O)O. The summed E-state index contributed by atoms with van der Waals surface area (Å²) in [4.78, 5) is 16.0. The molecule has 0 radical (unpaired) electrons. The second-order valence-corrected chi connectivity index (χ2v) is 4.83. The lowest BCUT2D eigenvalue weighted by Crippen LogP contribution is -2.37. The molecule has 94 valence electrons. The maximum Gasteiger partial charge on any atom is 0.320 e. The summed E-state index contributed by atoms with van der Waals surface area (Å²) in [6.07, 6.45) is 5.06. The average Bonchev–Trinajstić information content (AvgIpc) is 2.34. The van der Waals surface area contributed by atoms with E-state index < -0.39 is 12.0 Å². The normalized spacial score (nSPS) is 12.3. The molecule has 0 aliphatic carbocycles. The molecule has 0 saturated carbocycles. The summed E-state index contributed by atoms with van der Waals surface area (Å²) in [6, 6.07) is 3.42. The lowest BCUT2D eigenvalue weighted by Gasteiger charge is -2.13. The van der Waals surface area contributed by atoms with Crippen LogP contribution >= 0.6 is 11.8 Å². The third-order valence-electron chi connectivity index (χ3n) is 2.26. The molecule has 0 aromatic carbocycles. The van der Waals surface area contributed by atoms with Gasteiger partial charge in [-0.2, -0.15) is 0 Å². The minimum Gasteiger partial charge on any atom is -0.480 e. The molecule has 0 fully saturated rings. The van der Waals surface area contributed by atoms with Gasteiger partial charge in [-0.3, -0.25) is 9.78 Å². The van der Waals surface area contributed by atoms with E-state index in [1.807, 2.05) is 19.1 Å². The monoisotopic (exact) mass is 254 g/mol. The Labute approximate surface area is 106 Å². The molecule has 1 unspecified atom stereocenters. The molecule has 1 heterocycles. The molecule has 1 rings (SSSR count). The summed E-state index contributed by atoms with van der Waals surface area (Å²) in [7, 11) is 0. The van der Waals surface area contributed by atoms with E-state index >= 15 is 0 Å². The molecule has 1 aromatic rings. The highest BCUT2D eigenvalue weighted by Gasteiger charge is 2.15. The van der Waals surface area contributed by atoms with Crippen molar-refractivity contribution in [3.63, 3.8) is 0 Å². The van der Waals surface area contributed by atoms with E-state index in [4.69, 9.17) is 5.11 Å². The van der Waals surface area contributed by atoms with Gasteiger partial charge in [0.15, 0.2) is 0 Å². The quantitative estimate of drug-likeness (QED) is 0.695. The van der Waals surface area contributed by atoms with Gasteiger partial charge in [-0.1, -0.05) is 6.92 Å². The Kier molecular flexibility index (Phi) is 6.65. The van der Waals surface area contributed by atoms with Gasteiger partial charge in [-0.15, -0.1) is 11.8 Å². The van der Waals surface area contributed by atoms with Gasteiger partial charge in [0, 0.05) is 23.0 Å². The Balaban J connectivity index is 2.29. The highest BCUT2D eigenvalue weighted by molar-refractivity contribution is 7.99. The number of nitrogens with one attached hydrogen (secondary N) is 1. The summed E-state index contributed by atoms with van der Waals surface area (Å²) < 4.78 is 0. The lowest BCUT2D eigenvalue weighted by atomic mass is 10.2. The van der Waals surface area contributed by atoms with Crippen LogP contribution in [-0.2, 0) is 4.79 Å². The van der Waals surface area contributed by atoms with Gasteiger partial charge in [0.25, 0.3) is 0 Å². The van der Waals surface area contributed by atoms with E-state index in [1.165, 1.54) is 0 Å². The van der Waals surface area contributed by atoms with Crippen molar-refractivity contribution in [3.05, 3.63) is 24.5 Å². The molecule has 17 heavy (non-hydrogen) atoms. The topological polar surface area (TPSA) is 62.2 Å². The molecule has 0 saturated heterocycles. The molecule has 0 amide bonds. The molecule has 2 N–H and O–H groups in total. The van der Waals surface area contributed by atoms with Gasteiger partial charge < -0.3 is 10.4 Å². The molecule has 0 spiro atoms. The molecular formula is C12H18N2O2S. The first kappa shape index (κ1) is 14.0. The summed E-state index contributed by atoms with van der Waals surface area (Å²) in [5.74, 6) is 0.0197. The zero-order valence-corrected chi connectivity index (χ0v) is 10.7. The number of aliphatic carboxylic acids is 1. The fourth-order valence-electron chi connectivity index (χ4n) is 1.36. The second kappa shape index (κ2) is 8.08. The summed E-state index contributed by atoms with van der Waals surface area (Å²) in [6.45, 7) is 2.77. The Hall–Kier alpha value is -1.07. The first-order chi connectivity index (χ1) is 8.24. The molecule has 1 aromatic heterocycles. The third kappa shape index (κ3) is 5.70. The van der Waals surface area contributed by atoms with Gasteiger partial charge in [0.1, 0.15) is 6.04 Å². The second-order valence-electron chi connectivity index (χ2n) is 3.67. The van der Waals surface area contributed by atoms with Crippen LogP contribution in [0.25, 0.3) is 0 Å². The van der Waals surface area contributed by atoms with Crippen molar-refractivity contribution in [2.24, 2.45) is 0 Å². The zero-order valence-electron chi connectivity index (χ0n) is 9.93. The van der Waals surface area contributed by atoms with E-state index in [2.05, 4.69) is 10.3 Å². The first-order valence-electron chi connectivity index (χ1n) is 5.73. The predicted molar refractivity (Wildman–Crippen MR) is 69.3 cm³/mol. The van der Waals surface area contributed by atoms with Crippen LogP contribution < -0.4 is 5.32 Å². The van der Waals surface area contributed by atoms with Crippen LogP contribution in [0.3, 0.4) is 0 Å². The number of aromatic nitrogens is 1. The average molecular weight is 254 g/mol. The van der Waals surface area contributed by atoms with E-state index in [0.29, 0.717) is 6.42 Å². The van der Waals surface area contributed by atoms with Gasteiger partial charge >= 0.3 is 5.97 Å². The Morgan fingerprint density at radius 1 is 1.53 bits per heavy atom. The molecule has 0 aliphatic heterocycles. The smallest absolute Gasteiger partial charge is 0.320 e. The summed E-state index contributed by atoms with van der Waals surface area (Å²) in [5, 5.41) is 12.0. The number of hydrogen-bond donors (Lipinski definition) is 2. The van der Waals surface area contributed by atoms with Crippen LogP contribution in [0.4, 0.5) is 0 Å². The third-order valence-corrected chi connectivity index (χ3v) is 3.31. The molecule has 5 heteroatoms. The molecular weight excluding hydrogens is 236 g/mol. The Bertz CT molecular complexity index is 333. The molecule has 4 nitrogen and oxygen atoms in total. The van der Waals surface area contributed by atoms with Crippen LogP contribution in [0.5, 0.6) is 0 Å². The maximum absolute atomic E-state index is 11.0. The standard InChI is InChI=1S/C12H18N2O2S/c1-2-6-14-11(12(15)16)5-9-17-10-3-7-13-8-4-10/h3-4,7-8,11,14H,2,5-6,9H2,1H3,(H,15,16). The van der Waals surface area contributed by atoms with E-state index in [0.717, 1.165) is 23.6 Å². The van der Waals surface area contributed by atoms with E-state index in [1.54, 1.807) is 24.2 Å². The number of pyridine rings is 1. The lowest BCUT2D eigenvalue weighted by molar-refractivity contribution is -0.139. The number of carbonyl (C=O) groups is 1. The Morgan fingerprint density at radius 3 is 2.82 bits per heavy atom. The number of carboxylic acid groups (broad SMARTS) is 1. The maximum atomic E-state index is 11.0. The molecule has 0 bridgehead atoms. The van der Waals surface area contributed by atoms with Crippen LogP contribution in [0.15, 0.2) is 29.4 Å². The van der Waals surface area contributed by atoms with Gasteiger partial charge in [0.2, 0.25) is 0 Å². The van der Waals surface area contributed by atoms with Gasteiger partial charge in [-0.05, 0) is 31.5 Å². The highest BCUT2D eigenvalue weighted by Crippen LogP contribution is 2.17. The van der Waals surface area contributed by atoms with Crippen molar-refractivity contribution >= 4 is 17.7 Å². The molecule has 0 aliphatic rings. The largest absolute Gasteiger partial charge is 0.480 e. The summed E-state index contributed by atoms with van der Waals surface area (Å²) >= 11 is 1.66. The first-order valence-corrected chi connectivity index (χ1v) is 6.71. The Morgan fingerprint density at radius 2 is 2.24 bits per heavy atom. The van der Waals surface area contributed by atoms with Crippen LogP contribution in [-0.4, -0.2) is 34.4 Å². The van der Waals surface area contributed by atoms with Crippen molar-refractivity contribution < 1.29 is 9.90 Å². The number of carboxylic acids is 1. The minimum absolute atomic E-state index is 0.440. The summed E-state index contributed by atoms with van der Waals surface area (Å²) in [5.41, 5.74) is 0. The fraction of sp³-hybridized carbons (Fsp3) is 0.500. The van der Waals surface area contributed by atoms with Crippen LogP contribution in [0, 0.1) is 0 Å².